The number of rotatable bonds is 8. The molecule has 0 saturated heterocycles. The van der Waals surface area contributed by atoms with Gasteiger partial charge in [0.15, 0.2) is 0 Å². The molecule has 0 heterocycles. The molecule has 0 aliphatic heterocycles. The largest absolute Gasteiger partial charge is 0.464 e. The number of ether oxygens (including phenoxy) is 1. The van der Waals surface area contributed by atoms with Gasteiger partial charge in [0, 0.05) is 13.0 Å². The fraction of sp³-hybridized carbons (Fsp3) is 0.533. The van der Waals surface area contributed by atoms with Crippen LogP contribution in [0.2, 0.25) is 0 Å². The molecule has 3 heteroatoms. The lowest BCUT2D eigenvalue weighted by atomic mass is 10.1. The normalized spacial score (nSPS) is 10.6. The summed E-state index contributed by atoms with van der Waals surface area (Å²) in [4.78, 5) is 13.8. The average Bonchev–Trinajstić information content (AvgIpc) is 2.42. The molecule has 0 fully saturated rings. The zero-order valence-electron chi connectivity index (χ0n) is 11.4. The van der Waals surface area contributed by atoms with Gasteiger partial charge < -0.3 is 9.64 Å². The van der Waals surface area contributed by atoms with Gasteiger partial charge in [0.1, 0.15) is 6.61 Å². The van der Waals surface area contributed by atoms with Crippen LogP contribution in [0, 0.1) is 0 Å². The van der Waals surface area contributed by atoms with Crippen molar-refractivity contribution in [3.05, 3.63) is 35.9 Å². The summed E-state index contributed by atoms with van der Waals surface area (Å²) in [6, 6.07) is 10.0. The topological polar surface area (TPSA) is 29.5 Å². The van der Waals surface area contributed by atoms with E-state index in [-0.39, 0.29) is 5.97 Å². The maximum absolute atomic E-state index is 11.5. The Balaban J connectivity index is 2.14. The van der Waals surface area contributed by atoms with Gasteiger partial charge in [0.25, 0.3) is 0 Å². The third-order valence-electron chi connectivity index (χ3n) is 3.03. The van der Waals surface area contributed by atoms with Crippen LogP contribution in [0.1, 0.15) is 25.8 Å². The zero-order valence-corrected chi connectivity index (χ0v) is 11.4. The SMILES string of the molecule is CCN(CC)CCOC(=O)CCc1ccccc1. The number of carbonyl (C=O) groups excluding carboxylic acids is 1. The van der Waals surface area contributed by atoms with E-state index in [1.54, 1.807) is 0 Å². The highest BCUT2D eigenvalue weighted by atomic mass is 16.5. The molecule has 0 aliphatic carbocycles. The molecule has 0 saturated carbocycles. The highest BCUT2D eigenvalue weighted by molar-refractivity contribution is 5.69. The van der Waals surface area contributed by atoms with Gasteiger partial charge in [-0.2, -0.15) is 0 Å². The lowest BCUT2D eigenvalue weighted by Gasteiger charge is -2.17. The van der Waals surface area contributed by atoms with Crippen LogP contribution in [-0.4, -0.2) is 37.1 Å². The molecule has 18 heavy (non-hydrogen) atoms. The first-order valence-electron chi connectivity index (χ1n) is 6.68. The van der Waals surface area contributed by atoms with Crippen molar-refractivity contribution >= 4 is 5.97 Å². The molecule has 0 N–H and O–H groups in total. The number of esters is 1. The molecular weight excluding hydrogens is 226 g/mol. The third kappa shape index (κ3) is 5.82. The summed E-state index contributed by atoms with van der Waals surface area (Å²) in [6.07, 6.45) is 1.22. The number of carbonyl (C=O) groups is 1. The van der Waals surface area contributed by atoms with Gasteiger partial charge in [-0.3, -0.25) is 4.79 Å². The second kappa shape index (κ2) is 8.70. The summed E-state index contributed by atoms with van der Waals surface area (Å²) >= 11 is 0. The summed E-state index contributed by atoms with van der Waals surface area (Å²) in [5, 5.41) is 0. The first-order chi connectivity index (χ1) is 8.76. The number of hydrogen-bond acceptors (Lipinski definition) is 3. The molecule has 1 rings (SSSR count). The minimum atomic E-state index is -0.106. The smallest absolute Gasteiger partial charge is 0.306 e. The fourth-order valence-corrected chi connectivity index (χ4v) is 1.79. The van der Waals surface area contributed by atoms with Crippen molar-refractivity contribution in [2.45, 2.75) is 26.7 Å². The van der Waals surface area contributed by atoms with E-state index >= 15 is 0 Å². The van der Waals surface area contributed by atoms with Gasteiger partial charge in [-0.1, -0.05) is 44.2 Å². The van der Waals surface area contributed by atoms with E-state index in [4.69, 9.17) is 4.74 Å². The molecule has 0 aromatic heterocycles. The molecule has 0 bridgehead atoms. The highest BCUT2D eigenvalue weighted by Gasteiger charge is 2.05. The highest BCUT2D eigenvalue weighted by Crippen LogP contribution is 2.03. The molecule has 0 spiro atoms. The van der Waals surface area contributed by atoms with Crippen molar-refractivity contribution < 1.29 is 9.53 Å². The Kier molecular flexibility index (Phi) is 7.11. The molecule has 0 radical (unpaired) electrons. The molecule has 1 aromatic carbocycles. The van der Waals surface area contributed by atoms with Gasteiger partial charge in [-0.15, -0.1) is 0 Å². The Hall–Kier alpha value is -1.35. The fourth-order valence-electron chi connectivity index (χ4n) is 1.79. The van der Waals surface area contributed by atoms with Crippen LogP contribution in [0.15, 0.2) is 30.3 Å². The van der Waals surface area contributed by atoms with E-state index < -0.39 is 0 Å². The van der Waals surface area contributed by atoms with E-state index in [9.17, 15) is 4.79 Å². The van der Waals surface area contributed by atoms with Crippen LogP contribution in [0.5, 0.6) is 0 Å². The van der Waals surface area contributed by atoms with Crippen LogP contribution in [-0.2, 0) is 16.0 Å². The molecule has 0 aliphatic rings. The van der Waals surface area contributed by atoms with Crippen LogP contribution in [0.25, 0.3) is 0 Å². The van der Waals surface area contributed by atoms with Gasteiger partial charge in [-0.25, -0.2) is 0 Å². The lowest BCUT2D eigenvalue weighted by molar-refractivity contribution is -0.144. The Labute approximate surface area is 110 Å². The van der Waals surface area contributed by atoms with Gasteiger partial charge in [0.2, 0.25) is 0 Å². The molecule has 0 amide bonds. The Morgan fingerprint density at radius 3 is 2.44 bits per heavy atom. The van der Waals surface area contributed by atoms with E-state index in [0.29, 0.717) is 13.0 Å². The maximum Gasteiger partial charge on any atom is 0.306 e. The standard InChI is InChI=1S/C15H23NO2/c1-3-16(4-2)12-13-18-15(17)11-10-14-8-6-5-7-9-14/h5-9H,3-4,10-13H2,1-2H3. The Morgan fingerprint density at radius 1 is 1.17 bits per heavy atom. The van der Waals surface area contributed by atoms with Crippen molar-refractivity contribution in [2.75, 3.05) is 26.2 Å². The van der Waals surface area contributed by atoms with Crippen molar-refractivity contribution in [3.63, 3.8) is 0 Å². The van der Waals surface area contributed by atoms with Crippen molar-refractivity contribution in [1.29, 1.82) is 0 Å². The predicted octanol–water partition coefficient (Wildman–Crippen LogP) is 2.50. The lowest BCUT2D eigenvalue weighted by Crippen LogP contribution is -2.27. The zero-order chi connectivity index (χ0) is 13.2. The molecule has 0 atom stereocenters. The molecule has 100 valence electrons. The van der Waals surface area contributed by atoms with E-state index in [1.165, 1.54) is 5.56 Å². The Bertz CT molecular complexity index is 334. The van der Waals surface area contributed by atoms with Crippen LogP contribution in [0.4, 0.5) is 0 Å². The van der Waals surface area contributed by atoms with E-state index in [0.717, 1.165) is 26.1 Å². The van der Waals surface area contributed by atoms with Gasteiger partial charge >= 0.3 is 5.97 Å². The average molecular weight is 249 g/mol. The Morgan fingerprint density at radius 2 is 1.83 bits per heavy atom. The molecule has 1 aromatic rings. The first-order valence-corrected chi connectivity index (χ1v) is 6.68. The van der Waals surface area contributed by atoms with Crippen molar-refractivity contribution in [3.8, 4) is 0 Å². The van der Waals surface area contributed by atoms with Gasteiger partial charge in [0.05, 0.1) is 0 Å². The molecular formula is C15H23NO2. The van der Waals surface area contributed by atoms with E-state index in [1.807, 2.05) is 30.3 Å². The number of nitrogens with zero attached hydrogens (tertiary/aromatic N) is 1. The summed E-state index contributed by atoms with van der Waals surface area (Å²) in [5.41, 5.74) is 1.18. The second-order valence-corrected chi connectivity index (χ2v) is 4.23. The summed E-state index contributed by atoms with van der Waals surface area (Å²) < 4.78 is 5.22. The number of hydrogen-bond donors (Lipinski definition) is 0. The van der Waals surface area contributed by atoms with Crippen LogP contribution < -0.4 is 0 Å². The maximum atomic E-state index is 11.5. The van der Waals surface area contributed by atoms with Crippen LogP contribution >= 0.6 is 0 Å². The van der Waals surface area contributed by atoms with Gasteiger partial charge in [-0.05, 0) is 25.1 Å². The van der Waals surface area contributed by atoms with Crippen molar-refractivity contribution in [2.24, 2.45) is 0 Å². The van der Waals surface area contributed by atoms with Crippen LogP contribution in [0.3, 0.4) is 0 Å². The third-order valence-corrected chi connectivity index (χ3v) is 3.03. The number of aryl methyl sites for hydroxylation is 1. The second-order valence-electron chi connectivity index (χ2n) is 4.23. The summed E-state index contributed by atoms with van der Waals surface area (Å²) in [5.74, 6) is -0.106. The first kappa shape index (κ1) is 14.7. The minimum Gasteiger partial charge on any atom is -0.464 e. The summed E-state index contributed by atoms with van der Waals surface area (Å²) in [6.45, 7) is 7.54. The summed E-state index contributed by atoms with van der Waals surface area (Å²) in [7, 11) is 0. The van der Waals surface area contributed by atoms with E-state index in [2.05, 4.69) is 18.7 Å². The predicted molar refractivity (Wildman–Crippen MR) is 73.5 cm³/mol. The minimum absolute atomic E-state index is 0.106. The number of likely N-dealkylation sites (N-methyl/N-ethyl adjacent to an activating group) is 1. The number of benzene rings is 1. The van der Waals surface area contributed by atoms with Crippen molar-refractivity contribution in [1.82, 2.24) is 4.90 Å². The molecule has 3 nitrogen and oxygen atoms in total. The quantitative estimate of drug-likeness (QED) is 0.663. The molecule has 0 unspecified atom stereocenters. The monoisotopic (exact) mass is 249 g/mol.